The molecule has 0 saturated heterocycles. The molecule has 3 heterocycles. The zero-order chi connectivity index (χ0) is 21.0. The number of hydrogen-bond acceptors (Lipinski definition) is 6. The molecule has 3 N–H and O–H groups in total. The molecule has 0 fully saturated rings. The number of aromatic nitrogens is 4. The summed E-state index contributed by atoms with van der Waals surface area (Å²) in [7, 11) is 0. The summed E-state index contributed by atoms with van der Waals surface area (Å²) in [5.74, 6) is 7.65. The fourth-order valence-electron chi connectivity index (χ4n) is 3.18. The van der Waals surface area contributed by atoms with Gasteiger partial charge in [0.15, 0.2) is 17.2 Å². The molecule has 5 rings (SSSR count). The van der Waals surface area contributed by atoms with Gasteiger partial charge >= 0.3 is 0 Å². The van der Waals surface area contributed by atoms with Gasteiger partial charge in [-0.2, -0.15) is 0 Å². The van der Waals surface area contributed by atoms with E-state index in [1.165, 1.54) is 0 Å². The third-order valence-corrected chi connectivity index (χ3v) is 4.65. The van der Waals surface area contributed by atoms with Gasteiger partial charge in [0.1, 0.15) is 11.7 Å². The topological polar surface area (TPSA) is 94.3 Å². The summed E-state index contributed by atoms with van der Waals surface area (Å²) in [5.41, 5.74) is 9.10. The average molecular weight is 406 g/mol. The van der Waals surface area contributed by atoms with Crippen molar-refractivity contribution < 1.29 is 4.42 Å². The maximum absolute atomic E-state index is 6.12. The number of nitrogens with two attached hydrogens (primary N) is 1. The van der Waals surface area contributed by atoms with E-state index in [2.05, 4.69) is 32.2 Å². The molecule has 1 atom stereocenters. The molecule has 0 amide bonds. The second kappa shape index (κ2) is 8.05. The van der Waals surface area contributed by atoms with Crippen LogP contribution in [0.15, 0.2) is 89.7 Å². The number of hydrogen-bond donors (Lipinski definition) is 2. The molecule has 7 nitrogen and oxygen atoms in total. The highest BCUT2D eigenvalue weighted by Gasteiger charge is 2.13. The Morgan fingerprint density at radius 3 is 2.45 bits per heavy atom. The first kappa shape index (κ1) is 18.5. The molecule has 31 heavy (non-hydrogen) atoms. The number of nitrogens with zero attached hydrogens (tertiary/aromatic N) is 4. The zero-order valence-corrected chi connectivity index (χ0v) is 16.4. The van der Waals surface area contributed by atoms with Crippen LogP contribution in [-0.4, -0.2) is 19.6 Å². The smallest absolute Gasteiger partial charge is 0.218 e. The summed E-state index contributed by atoms with van der Waals surface area (Å²) in [6.45, 7) is 0. The molecule has 0 aliphatic rings. The molecule has 0 bridgehead atoms. The van der Waals surface area contributed by atoms with Gasteiger partial charge in [0.25, 0.3) is 0 Å². The Morgan fingerprint density at radius 1 is 0.935 bits per heavy atom. The minimum atomic E-state index is -0.225. The Hall–Kier alpha value is -4.57. The maximum Gasteiger partial charge on any atom is 0.218 e. The molecule has 0 spiro atoms. The van der Waals surface area contributed by atoms with Crippen molar-refractivity contribution in [3.8, 4) is 23.4 Å². The Morgan fingerprint density at radius 2 is 1.71 bits per heavy atom. The lowest BCUT2D eigenvalue weighted by atomic mass is 10.1. The van der Waals surface area contributed by atoms with E-state index < -0.39 is 0 Å². The first-order chi connectivity index (χ1) is 15.3. The fraction of sp³-hybridized carbons (Fsp3) is 0.0417. The van der Waals surface area contributed by atoms with Crippen molar-refractivity contribution in [1.82, 2.24) is 19.6 Å². The van der Waals surface area contributed by atoms with Crippen LogP contribution >= 0.6 is 0 Å². The minimum absolute atomic E-state index is 0.225. The number of nitrogen functional groups attached to an aromatic ring is 1. The van der Waals surface area contributed by atoms with Gasteiger partial charge in [-0.05, 0) is 35.7 Å². The van der Waals surface area contributed by atoms with Crippen LogP contribution in [0.5, 0.6) is 0 Å². The van der Waals surface area contributed by atoms with E-state index >= 15 is 0 Å². The molecular formula is C24H18N6O. The van der Waals surface area contributed by atoms with E-state index in [0.29, 0.717) is 22.9 Å². The first-order valence-electron chi connectivity index (χ1n) is 9.71. The van der Waals surface area contributed by atoms with Crippen LogP contribution in [0, 0.1) is 11.8 Å². The second-order valence-corrected chi connectivity index (χ2v) is 6.82. The van der Waals surface area contributed by atoms with Gasteiger partial charge in [0.2, 0.25) is 5.82 Å². The highest BCUT2D eigenvalue weighted by atomic mass is 16.3. The Bertz CT molecular complexity index is 1370. The molecule has 0 saturated carbocycles. The highest BCUT2D eigenvalue weighted by Crippen LogP contribution is 2.20. The maximum atomic E-state index is 6.12. The monoisotopic (exact) mass is 406 g/mol. The molecule has 1 unspecified atom stereocenters. The molecule has 7 heteroatoms. The van der Waals surface area contributed by atoms with Gasteiger partial charge in [-0.3, -0.25) is 0 Å². The summed E-state index contributed by atoms with van der Waals surface area (Å²) in [6.07, 6.45) is 3.28. The largest absolute Gasteiger partial charge is 0.461 e. The third-order valence-electron chi connectivity index (χ3n) is 4.65. The number of furan rings is 1. The number of fused-ring (bicyclic) bond motifs is 1. The van der Waals surface area contributed by atoms with Crippen LogP contribution in [0.3, 0.4) is 0 Å². The first-order valence-corrected chi connectivity index (χ1v) is 9.71. The van der Waals surface area contributed by atoms with E-state index in [1.54, 1.807) is 29.1 Å². The molecule has 5 aromatic rings. The van der Waals surface area contributed by atoms with Gasteiger partial charge in [-0.15, -0.1) is 5.10 Å². The molecule has 3 aromatic heterocycles. The second-order valence-electron chi connectivity index (χ2n) is 6.82. The van der Waals surface area contributed by atoms with Gasteiger partial charge in [-0.1, -0.05) is 54.5 Å². The van der Waals surface area contributed by atoms with Crippen molar-refractivity contribution in [2.24, 2.45) is 0 Å². The quantitative estimate of drug-likeness (QED) is 0.435. The van der Waals surface area contributed by atoms with Crippen LogP contribution in [-0.2, 0) is 0 Å². The van der Waals surface area contributed by atoms with Gasteiger partial charge in [0.05, 0.1) is 12.5 Å². The van der Waals surface area contributed by atoms with Crippen LogP contribution in [0.1, 0.15) is 17.3 Å². The van der Waals surface area contributed by atoms with Crippen molar-refractivity contribution in [3.05, 3.63) is 96.5 Å². The van der Waals surface area contributed by atoms with Crippen molar-refractivity contribution in [2.45, 2.75) is 6.04 Å². The fourth-order valence-corrected chi connectivity index (χ4v) is 3.18. The Labute approximate surface area is 178 Å². The van der Waals surface area contributed by atoms with Gasteiger partial charge in [-0.25, -0.2) is 14.5 Å². The normalized spacial score (nSPS) is 11.6. The predicted molar refractivity (Wildman–Crippen MR) is 119 cm³/mol. The van der Waals surface area contributed by atoms with Crippen LogP contribution < -0.4 is 11.1 Å². The van der Waals surface area contributed by atoms with Gasteiger partial charge < -0.3 is 15.5 Å². The van der Waals surface area contributed by atoms with Crippen LogP contribution in [0.25, 0.3) is 17.2 Å². The van der Waals surface area contributed by atoms with E-state index in [9.17, 15) is 0 Å². The summed E-state index contributed by atoms with van der Waals surface area (Å²) < 4.78 is 6.94. The summed E-state index contributed by atoms with van der Waals surface area (Å²) in [4.78, 5) is 8.80. The predicted octanol–water partition coefficient (Wildman–Crippen LogP) is 4.17. The van der Waals surface area contributed by atoms with Crippen LogP contribution in [0.2, 0.25) is 0 Å². The molecule has 2 aromatic carbocycles. The van der Waals surface area contributed by atoms with Crippen molar-refractivity contribution in [3.63, 3.8) is 0 Å². The number of rotatable bonds is 4. The lowest BCUT2D eigenvalue weighted by Crippen LogP contribution is -2.08. The van der Waals surface area contributed by atoms with Gasteiger partial charge in [0, 0.05) is 5.69 Å². The highest BCUT2D eigenvalue weighted by molar-refractivity contribution is 5.64. The SMILES string of the molecule is Nc1nc(C#CC(Nc2ccccc2)c2ccccc2)cn2nc(-c3ccco3)nc12. The molecule has 0 radical (unpaired) electrons. The third kappa shape index (κ3) is 3.95. The van der Waals surface area contributed by atoms with Crippen molar-refractivity contribution >= 4 is 17.2 Å². The molecular weight excluding hydrogens is 388 g/mol. The molecule has 0 aliphatic heterocycles. The van der Waals surface area contributed by atoms with Crippen LogP contribution in [0.4, 0.5) is 11.5 Å². The van der Waals surface area contributed by atoms with E-state index in [0.717, 1.165) is 11.3 Å². The van der Waals surface area contributed by atoms with E-state index in [-0.39, 0.29) is 11.9 Å². The number of benzene rings is 2. The zero-order valence-electron chi connectivity index (χ0n) is 16.4. The Balaban J connectivity index is 1.50. The number of para-hydroxylation sites is 1. The number of anilines is 2. The average Bonchev–Trinajstić information content (AvgIpc) is 3.48. The van der Waals surface area contributed by atoms with E-state index in [4.69, 9.17) is 10.2 Å². The molecule has 0 aliphatic carbocycles. The number of nitrogens with one attached hydrogen (secondary N) is 1. The van der Waals surface area contributed by atoms with E-state index in [1.807, 2.05) is 60.7 Å². The summed E-state index contributed by atoms with van der Waals surface area (Å²) >= 11 is 0. The summed E-state index contributed by atoms with van der Waals surface area (Å²) in [6, 6.07) is 23.3. The van der Waals surface area contributed by atoms with Crippen molar-refractivity contribution in [1.29, 1.82) is 0 Å². The lowest BCUT2D eigenvalue weighted by molar-refractivity contribution is 0.577. The standard InChI is InChI=1S/C24H18N6O/c25-22-24-28-23(21-12-7-15-31-21)29-30(24)16-19(27-22)13-14-20(17-8-3-1-4-9-17)26-18-10-5-2-6-11-18/h1-12,15-16,20,26H,(H2,25,27). The Kier molecular flexibility index (Phi) is 4.79. The summed E-state index contributed by atoms with van der Waals surface area (Å²) in [5, 5.41) is 7.90. The minimum Gasteiger partial charge on any atom is -0.461 e. The molecule has 150 valence electrons. The van der Waals surface area contributed by atoms with Crippen molar-refractivity contribution in [2.75, 3.05) is 11.1 Å². The lowest BCUT2D eigenvalue weighted by Gasteiger charge is -2.14.